The highest BCUT2D eigenvalue weighted by Crippen LogP contribution is 2.20. The summed E-state index contributed by atoms with van der Waals surface area (Å²) in [7, 11) is 1.71. The molecular weight excluding hydrogens is 218 g/mol. The van der Waals surface area contributed by atoms with Gasteiger partial charge in [-0.3, -0.25) is 4.90 Å². The normalized spacial score (nSPS) is 27.4. The van der Waals surface area contributed by atoms with E-state index in [2.05, 4.69) is 11.8 Å². The number of aliphatic hydroxyl groups excluding tert-OH is 1. The molecule has 5 heteroatoms. The summed E-state index contributed by atoms with van der Waals surface area (Å²) < 4.78 is 10.7. The predicted octanol–water partition coefficient (Wildman–Crippen LogP) is 0.528. The number of ether oxygens (including phenoxy) is 2. The van der Waals surface area contributed by atoms with E-state index in [1.807, 2.05) is 0 Å². The Hall–Kier alpha value is 0.130. The van der Waals surface area contributed by atoms with E-state index in [4.69, 9.17) is 14.6 Å². The molecule has 1 N–H and O–H groups in total. The molecule has 1 rings (SSSR count). The first kappa shape index (κ1) is 15.1. The lowest BCUT2D eigenvalue weighted by atomic mass is 10.0. The topological polar surface area (TPSA) is 41.9 Å². The number of aliphatic hydroxyl groups is 1. The van der Waals surface area contributed by atoms with Crippen LogP contribution in [0, 0.1) is 0 Å². The Morgan fingerprint density at radius 3 is 2.87 bits per heavy atom. The van der Waals surface area contributed by atoms with Crippen molar-refractivity contribution in [3.05, 3.63) is 0 Å². The zero-order valence-electron chi connectivity index (χ0n) is 9.57. The van der Waals surface area contributed by atoms with Gasteiger partial charge in [0.05, 0.1) is 25.4 Å². The van der Waals surface area contributed by atoms with Crippen molar-refractivity contribution in [3.8, 4) is 0 Å². The summed E-state index contributed by atoms with van der Waals surface area (Å²) in [5.74, 6) is 0. The molecule has 0 bridgehead atoms. The van der Waals surface area contributed by atoms with Crippen molar-refractivity contribution in [2.45, 2.75) is 18.9 Å². The first-order valence-electron chi connectivity index (χ1n) is 5.15. The molecular formula is C10H22ClNO3. The number of morpholine rings is 1. The number of hydrogen-bond acceptors (Lipinski definition) is 4. The average molecular weight is 240 g/mol. The second-order valence-corrected chi connectivity index (χ2v) is 4.05. The molecule has 1 atom stereocenters. The number of halogens is 1. The van der Waals surface area contributed by atoms with Gasteiger partial charge in [0.1, 0.15) is 0 Å². The Balaban J connectivity index is 0.00000196. The van der Waals surface area contributed by atoms with E-state index in [1.54, 1.807) is 7.11 Å². The molecule has 0 aromatic carbocycles. The minimum Gasteiger partial charge on any atom is -0.396 e. The summed E-state index contributed by atoms with van der Waals surface area (Å²) in [6.45, 7) is 6.42. The lowest BCUT2D eigenvalue weighted by molar-refractivity contribution is -0.0902. The first-order chi connectivity index (χ1) is 6.73. The van der Waals surface area contributed by atoms with Gasteiger partial charge in [-0.2, -0.15) is 0 Å². The summed E-state index contributed by atoms with van der Waals surface area (Å²) in [5, 5.41) is 8.81. The number of hydrogen-bond donors (Lipinski definition) is 1. The van der Waals surface area contributed by atoms with Crippen LogP contribution in [0.4, 0.5) is 0 Å². The van der Waals surface area contributed by atoms with Crippen molar-refractivity contribution >= 4 is 12.4 Å². The van der Waals surface area contributed by atoms with Gasteiger partial charge in [-0.25, -0.2) is 0 Å². The SMILES string of the molecule is COCC1(C)COCCN1CCCO.Cl. The van der Waals surface area contributed by atoms with Gasteiger partial charge in [0.2, 0.25) is 0 Å². The number of methoxy groups -OCH3 is 1. The lowest BCUT2D eigenvalue weighted by Gasteiger charge is -2.44. The predicted molar refractivity (Wildman–Crippen MR) is 61.6 cm³/mol. The molecule has 0 aromatic heterocycles. The summed E-state index contributed by atoms with van der Waals surface area (Å²) in [6.07, 6.45) is 0.819. The maximum Gasteiger partial charge on any atom is 0.0670 e. The molecule has 1 aliphatic rings. The van der Waals surface area contributed by atoms with E-state index in [1.165, 1.54) is 0 Å². The molecule has 0 amide bonds. The molecule has 0 aliphatic carbocycles. The van der Waals surface area contributed by atoms with Gasteiger partial charge in [0.15, 0.2) is 0 Å². The van der Waals surface area contributed by atoms with Crippen LogP contribution in [0.5, 0.6) is 0 Å². The Morgan fingerprint density at radius 1 is 1.53 bits per heavy atom. The van der Waals surface area contributed by atoms with Crippen LogP contribution < -0.4 is 0 Å². The maximum atomic E-state index is 8.81. The van der Waals surface area contributed by atoms with E-state index in [-0.39, 0.29) is 24.6 Å². The molecule has 1 aliphatic heterocycles. The quantitative estimate of drug-likeness (QED) is 0.760. The van der Waals surface area contributed by atoms with Crippen molar-refractivity contribution in [1.82, 2.24) is 4.90 Å². The molecule has 1 saturated heterocycles. The highest BCUT2D eigenvalue weighted by atomic mass is 35.5. The zero-order chi connectivity index (χ0) is 10.4. The average Bonchev–Trinajstić information content (AvgIpc) is 2.17. The fourth-order valence-electron chi connectivity index (χ4n) is 1.92. The van der Waals surface area contributed by atoms with Gasteiger partial charge in [-0.15, -0.1) is 12.4 Å². The smallest absolute Gasteiger partial charge is 0.0670 e. The summed E-state index contributed by atoms with van der Waals surface area (Å²) in [6, 6.07) is 0. The Bertz CT molecular complexity index is 167. The van der Waals surface area contributed by atoms with Crippen molar-refractivity contribution < 1.29 is 14.6 Å². The zero-order valence-corrected chi connectivity index (χ0v) is 10.4. The van der Waals surface area contributed by atoms with Crippen molar-refractivity contribution in [3.63, 3.8) is 0 Å². The maximum absolute atomic E-state index is 8.81. The van der Waals surface area contributed by atoms with E-state index >= 15 is 0 Å². The van der Waals surface area contributed by atoms with Gasteiger partial charge in [0, 0.05) is 26.8 Å². The van der Waals surface area contributed by atoms with Gasteiger partial charge in [0.25, 0.3) is 0 Å². The van der Waals surface area contributed by atoms with Gasteiger partial charge < -0.3 is 14.6 Å². The van der Waals surface area contributed by atoms with Crippen LogP contribution >= 0.6 is 12.4 Å². The summed E-state index contributed by atoms with van der Waals surface area (Å²) in [5.41, 5.74) is -0.0256. The van der Waals surface area contributed by atoms with Crippen LogP contribution in [0.3, 0.4) is 0 Å². The third kappa shape index (κ3) is 4.25. The summed E-state index contributed by atoms with van der Waals surface area (Å²) >= 11 is 0. The largest absolute Gasteiger partial charge is 0.396 e. The van der Waals surface area contributed by atoms with Gasteiger partial charge >= 0.3 is 0 Å². The highest BCUT2D eigenvalue weighted by molar-refractivity contribution is 5.85. The Kier molecular flexibility index (Phi) is 7.48. The van der Waals surface area contributed by atoms with E-state index in [9.17, 15) is 0 Å². The Labute approximate surface area is 98.0 Å². The fraction of sp³-hybridized carbons (Fsp3) is 1.00. The van der Waals surface area contributed by atoms with Crippen molar-refractivity contribution in [2.75, 3.05) is 46.6 Å². The van der Waals surface area contributed by atoms with E-state index in [0.717, 1.165) is 26.1 Å². The Morgan fingerprint density at radius 2 is 2.27 bits per heavy atom. The van der Waals surface area contributed by atoms with Crippen LogP contribution in [-0.4, -0.2) is 62.2 Å². The molecule has 0 spiro atoms. The van der Waals surface area contributed by atoms with Crippen LogP contribution in [0.2, 0.25) is 0 Å². The lowest BCUT2D eigenvalue weighted by Crippen LogP contribution is -2.57. The van der Waals surface area contributed by atoms with Crippen molar-refractivity contribution in [1.29, 1.82) is 0 Å². The van der Waals surface area contributed by atoms with E-state index in [0.29, 0.717) is 13.2 Å². The molecule has 1 unspecified atom stereocenters. The van der Waals surface area contributed by atoms with Crippen LogP contribution in [0.1, 0.15) is 13.3 Å². The molecule has 15 heavy (non-hydrogen) atoms. The van der Waals surface area contributed by atoms with Gasteiger partial charge in [-0.1, -0.05) is 0 Å². The minimum absolute atomic E-state index is 0. The molecule has 1 heterocycles. The first-order valence-corrected chi connectivity index (χ1v) is 5.15. The van der Waals surface area contributed by atoms with Gasteiger partial charge in [-0.05, 0) is 13.3 Å². The minimum atomic E-state index is -0.0256. The van der Waals surface area contributed by atoms with E-state index < -0.39 is 0 Å². The molecule has 0 aromatic rings. The molecule has 1 fully saturated rings. The molecule has 4 nitrogen and oxygen atoms in total. The number of rotatable bonds is 5. The fourth-order valence-corrected chi connectivity index (χ4v) is 1.92. The van der Waals surface area contributed by atoms with Crippen molar-refractivity contribution in [2.24, 2.45) is 0 Å². The number of nitrogens with zero attached hydrogens (tertiary/aromatic N) is 1. The molecule has 92 valence electrons. The second kappa shape index (κ2) is 7.41. The standard InChI is InChI=1S/C10H21NO3.ClH/c1-10(8-13-2)9-14-7-5-11(10)4-3-6-12;/h12H,3-9H2,1-2H3;1H. The second-order valence-electron chi connectivity index (χ2n) is 4.05. The van der Waals surface area contributed by atoms with Crippen LogP contribution in [-0.2, 0) is 9.47 Å². The monoisotopic (exact) mass is 239 g/mol. The summed E-state index contributed by atoms with van der Waals surface area (Å²) in [4.78, 5) is 2.34. The molecule has 0 saturated carbocycles. The third-order valence-electron chi connectivity index (χ3n) is 2.72. The van der Waals surface area contributed by atoms with Crippen LogP contribution in [0.15, 0.2) is 0 Å². The highest BCUT2D eigenvalue weighted by Gasteiger charge is 2.34. The van der Waals surface area contributed by atoms with Crippen LogP contribution in [0.25, 0.3) is 0 Å². The third-order valence-corrected chi connectivity index (χ3v) is 2.72. The molecule has 0 radical (unpaired) electrons.